The number of carbonyl (C=O) groups excluding carboxylic acids is 1. The van der Waals surface area contributed by atoms with Crippen LogP contribution in [-0.2, 0) is 14.8 Å². The summed E-state index contributed by atoms with van der Waals surface area (Å²) in [5.41, 5.74) is 0.146. The number of carbonyl (C=O) groups is 1. The quantitative estimate of drug-likeness (QED) is 0.534. The van der Waals surface area contributed by atoms with E-state index in [1.54, 1.807) is 16.7 Å². The Morgan fingerprint density at radius 3 is 2.45 bits per heavy atom. The third kappa shape index (κ3) is 4.07. The number of aryl methyl sites for hydroxylation is 1. The first-order chi connectivity index (χ1) is 13.6. The number of hydrogen-bond donors (Lipinski definition) is 0. The van der Waals surface area contributed by atoms with Crippen molar-refractivity contribution in [1.29, 1.82) is 0 Å². The average Bonchev–Trinajstić information content (AvgIpc) is 3.14. The van der Waals surface area contributed by atoms with E-state index >= 15 is 0 Å². The Morgan fingerprint density at radius 1 is 1.21 bits per heavy atom. The normalized spacial score (nSPS) is 21.0. The van der Waals surface area contributed by atoms with Gasteiger partial charge in [-0.25, -0.2) is 13.2 Å². The predicted octanol–water partition coefficient (Wildman–Crippen LogP) is 1.64. The van der Waals surface area contributed by atoms with Gasteiger partial charge in [0.15, 0.2) is 0 Å². The molecular weight excluding hydrogens is 400 g/mol. The third-order valence-corrected chi connectivity index (χ3v) is 7.15. The van der Waals surface area contributed by atoms with Gasteiger partial charge in [-0.3, -0.25) is 10.1 Å². The average molecular weight is 426 g/mol. The van der Waals surface area contributed by atoms with Crippen LogP contribution in [0.2, 0.25) is 0 Å². The number of benzene rings is 1. The van der Waals surface area contributed by atoms with Gasteiger partial charge in [0.1, 0.15) is 6.17 Å². The fraction of sp³-hybridized carbons (Fsp3) is 0.611. The molecule has 1 aromatic carbocycles. The highest BCUT2D eigenvalue weighted by molar-refractivity contribution is 7.89. The molecule has 2 aliphatic heterocycles. The summed E-state index contributed by atoms with van der Waals surface area (Å²) in [6.45, 7) is 7.54. The standard InChI is InChI=1S/C18H26N4O6S/c1-13(2)17-20(18(23)19-8-10-28-11-9-19)6-7-21(17)29(26,27)15-5-4-14(3)16(12-15)22(24)25/h4-5,12-13,17H,6-11H2,1-3H3. The number of ether oxygens (including phenoxy) is 1. The first-order valence-corrected chi connectivity index (χ1v) is 11.0. The summed E-state index contributed by atoms with van der Waals surface area (Å²) in [6, 6.07) is 3.69. The molecule has 10 nitrogen and oxygen atoms in total. The van der Waals surface area contributed by atoms with Crippen molar-refractivity contribution in [3.63, 3.8) is 0 Å². The largest absolute Gasteiger partial charge is 0.378 e. The van der Waals surface area contributed by atoms with Crippen LogP contribution in [0.3, 0.4) is 0 Å². The summed E-state index contributed by atoms with van der Waals surface area (Å²) in [4.78, 5) is 26.8. The molecule has 2 saturated heterocycles. The second-order valence-corrected chi connectivity index (χ2v) is 9.44. The van der Waals surface area contributed by atoms with E-state index in [2.05, 4.69) is 0 Å². The zero-order valence-electron chi connectivity index (χ0n) is 16.8. The third-order valence-electron chi connectivity index (χ3n) is 5.28. The number of nitrogens with zero attached hydrogens (tertiary/aromatic N) is 4. The van der Waals surface area contributed by atoms with Crippen LogP contribution in [0.15, 0.2) is 23.1 Å². The molecular formula is C18H26N4O6S. The minimum atomic E-state index is -4.01. The van der Waals surface area contributed by atoms with Crippen LogP contribution in [-0.4, -0.2) is 79.0 Å². The zero-order valence-corrected chi connectivity index (χ0v) is 17.6. The topological polar surface area (TPSA) is 113 Å². The molecule has 1 aromatic rings. The van der Waals surface area contributed by atoms with Crippen molar-refractivity contribution < 1.29 is 22.9 Å². The van der Waals surface area contributed by atoms with Crippen LogP contribution < -0.4 is 0 Å². The lowest BCUT2D eigenvalue weighted by molar-refractivity contribution is -0.385. The molecule has 0 aromatic heterocycles. The fourth-order valence-corrected chi connectivity index (χ4v) is 5.54. The van der Waals surface area contributed by atoms with E-state index in [1.165, 1.54) is 16.4 Å². The van der Waals surface area contributed by atoms with Gasteiger partial charge in [0.2, 0.25) is 10.0 Å². The summed E-state index contributed by atoms with van der Waals surface area (Å²) in [5.74, 6) is -0.155. The van der Waals surface area contributed by atoms with Crippen LogP contribution >= 0.6 is 0 Å². The lowest BCUT2D eigenvalue weighted by Gasteiger charge is -2.37. The number of urea groups is 1. The molecule has 29 heavy (non-hydrogen) atoms. The number of amides is 2. The van der Waals surface area contributed by atoms with Crippen LogP contribution in [0.4, 0.5) is 10.5 Å². The SMILES string of the molecule is Cc1ccc(S(=O)(=O)N2CCN(C(=O)N3CCOCC3)C2C(C)C)cc1[N+](=O)[O-]. The van der Waals surface area contributed by atoms with Gasteiger partial charge in [-0.2, -0.15) is 4.31 Å². The van der Waals surface area contributed by atoms with Gasteiger partial charge in [-0.1, -0.05) is 19.9 Å². The number of morpholine rings is 1. The number of nitro groups is 1. The smallest absolute Gasteiger partial charge is 0.321 e. The van der Waals surface area contributed by atoms with E-state index in [0.717, 1.165) is 6.07 Å². The maximum atomic E-state index is 13.3. The van der Waals surface area contributed by atoms with Gasteiger partial charge in [0.05, 0.1) is 23.0 Å². The van der Waals surface area contributed by atoms with Crippen molar-refractivity contribution >= 4 is 21.7 Å². The highest BCUT2D eigenvalue weighted by atomic mass is 32.2. The molecule has 2 aliphatic rings. The van der Waals surface area contributed by atoms with Crippen molar-refractivity contribution in [2.24, 2.45) is 5.92 Å². The molecule has 2 fully saturated rings. The van der Waals surface area contributed by atoms with Gasteiger partial charge < -0.3 is 14.5 Å². The molecule has 0 bridgehead atoms. The number of sulfonamides is 1. The molecule has 3 rings (SSSR count). The minimum absolute atomic E-state index is 0.138. The Bertz CT molecular complexity index is 898. The van der Waals surface area contributed by atoms with Crippen LogP contribution in [0, 0.1) is 23.0 Å². The molecule has 0 saturated carbocycles. The Hall–Kier alpha value is -2.24. The molecule has 0 radical (unpaired) electrons. The summed E-state index contributed by atoms with van der Waals surface area (Å²) >= 11 is 0. The molecule has 0 aliphatic carbocycles. The van der Waals surface area contributed by atoms with E-state index in [9.17, 15) is 23.3 Å². The van der Waals surface area contributed by atoms with Crippen LogP contribution in [0.25, 0.3) is 0 Å². The summed E-state index contributed by atoms with van der Waals surface area (Å²) < 4.78 is 33.2. The van der Waals surface area contributed by atoms with Gasteiger partial charge in [0, 0.05) is 37.8 Å². The van der Waals surface area contributed by atoms with Crippen LogP contribution in [0.5, 0.6) is 0 Å². The zero-order chi connectivity index (χ0) is 21.3. The second-order valence-electron chi connectivity index (χ2n) is 7.55. The summed E-state index contributed by atoms with van der Waals surface area (Å²) in [5, 5.41) is 11.2. The van der Waals surface area contributed by atoms with E-state index < -0.39 is 21.1 Å². The van der Waals surface area contributed by atoms with Crippen molar-refractivity contribution in [1.82, 2.24) is 14.1 Å². The molecule has 160 valence electrons. The Kier molecular flexibility index (Phi) is 6.11. The van der Waals surface area contributed by atoms with Crippen molar-refractivity contribution in [2.75, 3.05) is 39.4 Å². The Labute approximate surface area is 170 Å². The number of rotatable bonds is 4. The summed E-state index contributed by atoms with van der Waals surface area (Å²) in [7, 11) is -4.01. The number of nitro benzene ring substituents is 1. The van der Waals surface area contributed by atoms with Crippen molar-refractivity contribution in [2.45, 2.75) is 31.8 Å². The molecule has 2 heterocycles. The van der Waals surface area contributed by atoms with Crippen molar-refractivity contribution in [3.05, 3.63) is 33.9 Å². The van der Waals surface area contributed by atoms with E-state index in [-0.39, 0.29) is 35.6 Å². The lowest BCUT2D eigenvalue weighted by atomic mass is 10.1. The molecule has 1 atom stereocenters. The van der Waals surface area contributed by atoms with Gasteiger partial charge in [0.25, 0.3) is 5.69 Å². The Balaban J connectivity index is 1.92. The van der Waals surface area contributed by atoms with E-state index in [0.29, 0.717) is 31.9 Å². The fourth-order valence-electron chi connectivity index (χ4n) is 3.81. The molecule has 2 amide bonds. The molecule has 0 spiro atoms. The van der Waals surface area contributed by atoms with Gasteiger partial charge in [-0.15, -0.1) is 0 Å². The molecule has 1 unspecified atom stereocenters. The number of hydrogen-bond acceptors (Lipinski definition) is 6. The van der Waals surface area contributed by atoms with Gasteiger partial charge >= 0.3 is 6.03 Å². The summed E-state index contributed by atoms with van der Waals surface area (Å²) in [6.07, 6.45) is -0.657. The molecule has 0 N–H and O–H groups in total. The van der Waals surface area contributed by atoms with E-state index in [4.69, 9.17) is 4.74 Å². The minimum Gasteiger partial charge on any atom is -0.378 e. The lowest BCUT2D eigenvalue weighted by Crippen LogP contribution is -2.53. The maximum absolute atomic E-state index is 13.3. The second kappa shape index (κ2) is 8.25. The Morgan fingerprint density at radius 2 is 1.86 bits per heavy atom. The van der Waals surface area contributed by atoms with Crippen molar-refractivity contribution in [3.8, 4) is 0 Å². The monoisotopic (exact) mass is 426 g/mol. The van der Waals surface area contributed by atoms with Crippen LogP contribution in [0.1, 0.15) is 19.4 Å². The molecule has 11 heteroatoms. The highest BCUT2D eigenvalue weighted by Gasteiger charge is 2.45. The first-order valence-electron chi connectivity index (χ1n) is 9.54. The predicted molar refractivity (Wildman–Crippen MR) is 105 cm³/mol. The van der Waals surface area contributed by atoms with E-state index in [1.807, 2.05) is 13.8 Å². The highest BCUT2D eigenvalue weighted by Crippen LogP contribution is 2.31. The maximum Gasteiger partial charge on any atom is 0.321 e. The van der Waals surface area contributed by atoms with Gasteiger partial charge in [-0.05, 0) is 18.9 Å². The first kappa shape index (κ1) is 21.5.